The van der Waals surface area contributed by atoms with Gasteiger partial charge in [-0.15, -0.1) is 0 Å². The summed E-state index contributed by atoms with van der Waals surface area (Å²) < 4.78 is 5.63. The quantitative estimate of drug-likeness (QED) is 0.797. The van der Waals surface area contributed by atoms with Gasteiger partial charge in [-0.05, 0) is 26.1 Å². The number of nitrogens with zero attached hydrogens (tertiary/aromatic N) is 2. The molecule has 0 bridgehead atoms. The lowest BCUT2D eigenvalue weighted by molar-refractivity contribution is 0.0633. The summed E-state index contributed by atoms with van der Waals surface area (Å²) in [7, 11) is 2.03. The maximum atomic E-state index is 12.4. The highest BCUT2D eigenvalue weighted by Crippen LogP contribution is 2.16. The van der Waals surface area contributed by atoms with Crippen LogP contribution in [0.3, 0.4) is 0 Å². The van der Waals surface area contributed by atoms with Crippen molar-refractivity contribution in [3.05, 3.63) is 45.8 Å². The molecule has 0 aliphatic carbocycles. The van der Waals surface area contributed by atoms with E-state index >= 15 is 0 Å². The van der Waals surface area contributed by atoms with E-state index in [1.54, 1.807) is 17.0 Å². The van der Waals surface area contributed by atoms with Gasteiger partial charge < -0.3 is 14.2 Å². The molecule has 0 atom stereocenters. The molecule has 0 radical (unpaired) electrons. The molecule has 21 heavy (non-hydrogen) atoms. The third kappa shape index (κ3) is 2.69. The van der Waals surface area contributed by atoms with Crippen LogP contribution in [-0.2, 0) is 0 Å². The number of carbonyl (C=O) groups excluding carboxylic acids is 1. The number of rotatable bonds is 1. The van der Waals surface area contributed by atoms with Gasteiger partial charge in [0.05, 0.1) is 5.39 Å². The van der Waals surface area contributed by atoms with Gasteiger partial charge in [-0.1, -0.05) is 11.6 Å². The standard InChI is InChI=1S/C16H18N2O3/c1-11-3-4-14-12(9-11)13(19)10-15(21-14)16(20)18-7-5-17(2)6-8-18/h3-4,9-10H,5-8H2,1-2H3. The Morgan fingerprint density at radius 1 is 1.14 bits per heavy atom. The Morgan fingerprint density at radius 3 is 2.57 bits per heavy atom. The first-order chi connectivity index (χ1) is 10.0. The number of hydrogen-bond donors (Lipinski definition) is 0. The molecular weight excluding hydrogens is 268 g/mol. The predicted octanol–water partition coefficient (Wildman–Crippen LogP) is 1.49. The Kier molecular flexibility index (Phi) is 3.51. The van der Waals surface area contributed by atoms with Crippen molar-refractivity contribution in [2.45, 2.75) is 6.92 Å². The third-order valence-corrected chi connectivity index (χ3v) is 3.88. The average Bonchev–Trinajstić information content (AvgIpc) is 2.48. The molecule has 0 unspecified atom stereocenters. The number of amides is 1. The van der Waals surface area contributed by atoms with E-state index in [9.17, 15) is 9.59 Å². The highest BCUT2D eigenvalue weighted by atomic mass is 16.3. The van der Waals surface area contributed by atoms with Gasteiger partial charge in [0.2, 0.25) is 0 Å². The van der Waals surface area contributed by atoms with Gasteiger partial charge in [0.25, 0.3) is 5.91 Å². The summed E-state index contributed by atoms with van der Waals surface area (Å²) in [5, 5.41) is 0.518. The van der Waals surface area contributed by atoms with Crippen molar-refractivity contribution >= 4 is 16.9 Å². The van der Waals surface area contributed by atoms with Crippen LogP contribution in [0.5, 0.6) is 0 Å². The normalized spacial score (nSPS) is 16.4. The van der Waals surface area contributed by atoms with Crippen molar-refractivity contribution in [2.24, 2.45) is 0 Å². The smallest absolute Gasteiger partial charge is 0.289 e. The Hall–Kier alpha value is -2.14. The number of aryl methyl sites for hydroxylation is 1. The van der Waals surface area contributed by atoms with Gasteiger partial charge in [-0.25, -0.2) is 0 Å². The SMILES string of the molecule is Cc1ccc2oc(C(=O)N3CCN(C)CC3)cc(=O)c2c1. The van der Waals surface area contributed by atoms with Gasteiger partial charge in [0.15, 0.2) is 11.2 Å². The minimum atomic E-state index is -0.206. The van der Waals surface area contributed by atoms with E-state index in [1.807, 2.05) is 20.0 Å². The topological polar surface area (TPSA) is 53.8 Å². The molecule has 1 aromatic heterocycles. The molecule has 0 N–H and O–H groups in total. The molecule has 0 spiro atoms. The molecular formula is C16H18N2O3. The Balaban J connectivity index is 1.95. The van der Waals surface area contributed by atoms with Crippen LogP contribution in [0.2, 0.25) is 0 Å². The number of fused-ring (bicyclic) bond motifs is 1. The molecule has 2 heterocycles. The first kappa shape index (κ1) is 13.8. The molecule has 1 saturated heterocycles. The van der Waals surface area contributed by atoms with E-state index in [2.05, 4.69) is 4.90 Å². The van der Waals surface area contributed by atoms with Crippen LogP contribution in [0.15, 0.2) is 33.5 Å². The summed E-state index contributed by atoms with van der Waals surface area (Å²) in [6, 6.07) is 6.70. The molecule has 2 aromatic rings. The monoisotopic (exact) mass is 286 g/mol. The summed E-state index contributed by atoms with van der Waals surface area (Å²) in [5.41, 5.74) is 1.29. The fourth-order valence-electron chi connectivity index (χ4n) is 2.54. The second kappa shape index (κ2) is 5.33. The van der Waals surface area contributed by atoms with Crippen LogP contribution in [-0.4, -0.2) is 48.9 Å². The van der Waals surface area contributed by atoms with Crippen molar-refractivity contribution < 1.29 is 9.21 Å². The fraction of sp³-hybridized carbons (Fsp3) is 0.375. The summed E-state index contributed by atoms with van der Waals surface area (Å²) in [6.45, 7) is 4.91. The van der Waals surface area contributed by atoms with Crippen LogP contribution < -0.4 is 5.43 Å². The van der Waals surface area contributed by atoms with Crippen molar-refractivity contribution in [3.8, 4) is 0 Å². The van der Waals surface area contributed by atoms with Gasteiger partial charge in [-0.2, -0.15) is 0 Å². The Labute approximate surface area is 122 Å². The average molecular weight is 286 g/mol. The molecule has 0 saturated carbocycles. The van der Waals surface area contributed by atoms with Crippen LogP contribution in [0, 0.1) is 6.92 Å². The molecule has 1 aromatic carbocycles. The van der Waals surface area contributed by atoms with Crippen LogP contribution in [0.25, 0.3) is 11.0 Å². The Bertz CT molecular complexity index is 743. The van der Waals surface area contributed by atoms with Gasteiger partial charge in [0, 0.05) is 32.2 Å². The molecule has 1 aliphatic rings. The van der Waals surface area contributed by atoms with Gasteiger partial charge >= 0.3 is 0 Å². The zero-order valence-corrected chi connectivity index (χ0v) is 12.3. The second-order valence-corrected chi connectivity index (χ2v) is 5.57. The maximum Gasteiger partial charge on any atom is 0.289 e. The van der Waals surface area contributed by atoms with Gasteiger partial charge in [-0.3, -0.25) is 9.59 Å². The molecule has 3 rings (SSSR count). The number of piperazine rings is 1. The molecule has 5 nitrogen and oxygen atoms in total. The van der Waals surface area contributed by atoms with Crippen molar-refractivity contribution in [1.82, 2.24) is 9.80 Å². The van der Waals surface area contributed by atoms with E-state index < -0.39 is 0 Å². The third-order valence-electron chi connectivity index (χ3n) is 3.88. The van der Waals surface area contributed by atoms with E-state index in [-0.39, 0.29) is 17.1 Å². The lowest BCUT2D eigenvalue weighted by Crippen LogP contribution is -2.47. The van der Waals surface area contributed by atoms with Crippen molar-refractivity contribution in [1.29, 1.82) is 0 Å². The summed E-state index contributed by atoms with van der Waals surface area (Å²) in [6.07, 6.45) is 0. The Morgan fingerprint density at radius 2 is 1.86 bits per heavy atom. The van der Waals surface area contributed by atoms with Crippen molar-refractivity contribution in [2.75, 3.05) is 33.2 Å². The highest BCUT2D eigenvalue weighted by Gasteiger charge is 2.23. The molecule has 1 amide bonds. The lowest BCUT2D eigenvalue weighted by Gasteiger charge is -2.31. The van der Waals surface area contributed by atoms with Crippen LogP contribution >= 0.6 is 0 Å². The number of hydrogen-bond acceptors (Lipinski definition) is 4. The molecule has 110 valence electrons. The molecule has 5 heteroatoms. The largest absolute Gasteiger partial charge is 0.451 e. The number of carbonyl (C=O) groups is 1. The second-order valence-electron chi connectivity index (χ2n) is 5.57. The van der Waals surface area contributed by atoms with E-state index in [1.165, 1.54) is 6.07 Å². The molecule has 1 fully saturated rings. The number of likely N-dealkylation sites (N-methyl/N-ethyl adjacent to an activating group) is 1. The number of benzene rings is 1. The van der Waals surface area contributed by atoms with Crippen LogP contribution in [0.1, 0.15) is 16.1 Å². The zero-order valence-electron chi connectivity index (χ0n) is 12.3. The minimum Gasteiger partial charge on any atom is -0.451 e. The lowest BCUT2D eigenvalue weighted by atomic mass is 10.1. The maximum absolute atomic E-state index is 12.4. The first-order valence-corrected chi connectivity index (χ1v) is 7.07. The van der Waals surface area contributed by atoms with Gasteiger partial charge in [0.1, 0.15) is 5.58 Å². The van der Waals surface area contributed by atoms with Crippen molar-refractivity contribution in [3.63, 3.8) is 0 Å². The minimum absolute atomic E-state index is 0.126. The summed E-state index contributed by atoms with van der Waals surface area (Å²) >= 11 is 0. The zero-order chi connectivity index (χ0) is 15.0. The predicted molar refractivity (Wildman–Crippen MR) is 80.6 cm³/mol. The summed E-state index contributed by atoms with van der Waals surface area (Å²) in [4.78, 5) is 28.5. The summed E-state index contributed by atoms with van der Waals surface area (Å²) in [5.74, 6) is -0.0800. The fourth-order valence-corrected chi connectivity index (χ4v) is 2.54. The van der Waals surface area contributed by atoms with Crippen LogP contribution in [0.4, 0.5) is 0 Å². The highest BCUT2D eigenvalue weighted by molar-refractivity contribution is 5.93. The molecule has 1 aliphatic heterocycles. The van der Waals surface area contributed by atoms with E-state index in [0.29, 0.717) is 24.1 Å². The van der Waals surface area contributed by atoms with E-state index in [4.69, 9.17) is 4.42 Å². The van der Waals surface area contributed by atoms with E-state index in [0.717, 1.165) is 18.7 Å². The first-order valence-electron chi connectivity index (χ1n) is 7.07.